The maximum Gasteiger partial charge on any atom is 0.215 e. The minimum Gasteiger partial charge on any atom is -0.334 e. The number of hydrogen-bond acceptors (Lipinski definition) is 5. The Kier molecular flexibility index (Phi) is 2.34. The van der Waals surface area contributed by atoms with Crippen LogP contribution in [0.15, 0.2) is 53.3 Å². The highest BCUT2D eigenvalue weighted by Crippen LogP contribution is 2.26. The molecule has 3 heterocycles. The molecule has 0 saturated carbocycles. The van der Waals surface area contributed by atoms with Gasteiger partial charge in [-0.1, -0.05) is 12.1 Å². The first-order chi connectivity index (χ1) is 8.45. The summed E-state index contributed by atoms with van der Waals surface area (Å²) in [5.74, 6) is 0.532. The molecule has 5 heteroatoms. The second kappa shape index (κ2) is 4.13. The van der Waals surface area contributed by atoms with E-state index >= 15 is 0 Å². The lowest BCUT2D eigenvalue weighted by molar-refractivity contribution is 0.402. The molecule has 0 bridgehead atoms. The summed E-state index contributed by atoms with van der Waals surface area (Å²) >= 11 is 0. The summed E-state index contributed by atoms with van der Waals surface area (Å²) in [6, 6.07) is 11.2. The molecule has 0 aromatic carbocycles. The minimum atomic E-state index is 0.532. The predicted molar refractivity (Wildman–Crippen MR) is 60.8 cm³/mol. The molecule has 0 aliphatic rings. The Labute approximate surface area is 97.1 Å². The van der Waals surface area contributed by atoms with Crippen LogP contribution in [0.2, 0.25) is 0 Å². The van der Waals surface area contributed by atoms with Crippen molar-refractivity contribution in [1.82, 2.24) is 20.3 Å². The number of hydrogen-bond donors (Lipinski definition) is 0. The molecule has 0 atom stereocenters. The summed E-state index contributed by atoms with van der Waals surface area (Å²) in [7, 11) is 0. The molecule has 0 unspecified atom stereocenters. The lowest BCUT2D eigenvalue weighted by atomic mass is 10.2. The Morgan fingerprint density at radius 3 is 2.18 bits per heavy atom. The summed E-state index contributed by atoms with van der Waals surface area (Å²) < 4.78 is 5.14. The fourth-order valence-electron chi connectivity index (χ4n) is 1.53. The Morgan fingerprint density at radius 2 is 1.53 bits per heavy atom. The van der Waals surface area contributed by atoms with Gasteiger partial charge in [-0.15, -0.1) is 5.10 Å². The minimum absolute atomic E-state index is 0.532. The Balaban J connectivity index is 2.13. The zero-order valence-electron chi connectivity index (χ0n) is 8.82. The van der Waals surface area contributed by atoms with Gasteiger partial charge in [0.05, 0.1) is 5.69 Å². The van der Waals surface area contributed by atoms with Gasteiger partial charge in [0.15, 0.2) is 5.69 Å². The Morgan fingerprint density at radius 1 is 0.824 bits per heavy atom. The van der Waals surface area contributed by atoms with E-state index in [1.807, 2.05) is 36.4 Å². The number of pyridine rings is 2. The Bertz CT molecular complexity index is 553. The molecule has 0 saturated heterocycles. The third kappa shape index (κ3) is 1.78. The SMILES string of the molecule is c1ccc(-c2nnoc2-c2ccccn2)nc1. The second-order valence-corrected chi connectivity index (χ2v) is 3.38. The highest BCUT2D eigenvalue weighted by molar-refractivity contribution is 5.71. The van der Waals surface area contributed by atoms with Crippen molar-refractivity contribution in [2.45, 2.75) is 0 Å². The van der Waals surface area contributed by atoms with E-state index in [1.165, 1.54) is 0 Å². The van der Waals surface area contributed by atoms with Crippen molar-refractivity contribution < 1.29 is 4.52 Å². The summed E-state index contributed by atoms with van der Waals surface area (Å²) in [5, 5.41) is 7.51. The van der Waals surface area contributed by atoms with Crippen molar-refractivity contribution in [2.24, 2.45) is 0 Å². The average molecular weight is 224 g/mol. The van der Waals surface area contributed by atoms with Crippen molar-refractivity contribution in [1.29, 1.82) is 0 Å². The average Bonchev–Trinajstić information content (AvgIpc) is 2.90. The molecular weight excluding hydrogens is 216 g/mol. The van der Waals surface area contributed by atoms with Crippen LogP contribution in [0, 0.1) is 0 Å². The maximum absolute atomic E-state index is 5.14. The van der Waals surface area contributed by atoms with Gasteiger partial charge >= 0.3 is 0 Å². The van der Waals surface area contributed by atoms with Gasteiger partial charge in [0.25, 0.3) is 0 Å². The molecule has 5 nitrogen and oxygen atoms in total. The van der Waals surface area contributed by atoms with E-state index in [2.05, 4.69) is 20.3 Å². The first-order valence-electron chi connectivity index (χ1n) is 5.10. The van der Waals surface area contributed by atoms with Crippen molar-refractivity contribution in [2.75, 3.05) is 0 Å². The molecule has 0 amide bonds. The van der Waals surface area contributed by atoms with Crippen molar-refractivity contribution in [3.8, 4) is 22.8 Å². The van der Waals surface area contributed by atoms with E-state index in [4.69, 9.17) is 4.52 Å². The van der Waals surface area contributed by atoms with E-state index in [9.17, 15) is 0 Å². The van der Waals surface area contributed by atoms with E-state index in [0.717, 1.165) is 5.69 Å². The van der Waals surface area contributed by atoms with Crippen LogP contribution >= 0.6 is 0 Å². The summed E-state index contributed by atoms with van der Waals surface area (Å²) in [4.78, 5) is 8.42. The monoisotopic (exact) mass is 224 g/mol. The molecular formula is C12H8N4O. The molecule has 0 N–H and O–H groups in total. The van der Waals surface area contributed by atoms with Crippen LogP contribution in [0.1, 0.15) is 0 Å². The first-order valence-corrected chi connectivity index (χ1v) is 5.10. The normalized spacial score (nSPS) is 10.4. The fourth-order valence-corrected chi connectivity index (χ4v) is 1.53. The molecule has 3 aromatic heterocycles. The van der Waals surface area contributed by atoms with Gasteiger partial charge in [-0.25, -0.2) is 0 Å². The van der Waals surface area contributed by atoms with Crippen LogP contribution in [0.3, 0.4) is 0 Å². The van der Waals surface area contributed by atoms with Gasteiger partial charge in [0, 0.05) is 17.7 Å². The second-order valence-electron chi connectivity index (χ2n) is 3.38. The van der Waals surface area contributed by atoms with Gasteiger partial charge in [-0.2, -0.15) is 0 Å². The smallest absolute Gasteiger partial charge is 0.215 e. The van der Waals surface area contributed by atoms with Crippen LogP contribution in [0.5, 0.6) is 0 Å². The molecule has 17 heavy (non-hydrogen) atoms. The van der Waals surface area contributed by atoms with Crippen molar-refractivity contribution >= 4 is 0 Å². The van der Waals surface area contributed by atoms with Crippen LogP contribution in [-0.4, -0.2) is 20.3 Å². The van der Waals surface area contributed by atoms with Gasteiger partial charge in [0.1, 0.15) is 5.69 Å². The zero-order valence-corrected chi connectivity index (χ0v) is 8.82. The third-order valence-corrected chi connectivity index (χ3v) is 2.29. The van der Waals surface area contributed by atoms with E-state index in [-0.39, 0.29) is 0 Å². The van der Waals surface area contributed by atoms with Gasteiger partial charge in [-0.3, -0.25) is 9.97 Å². The molecule has 0 aliphatic heterocycles. The molecule has 0 radical (unpaired) electrons. The standard InChI is InChI=1S/C12H8N4O/c1-3-7-13-9(5-1)11-12(17-16-15-11)10-6-2-4-8-14-10/h1-8H. The molecule has 0 fully saturated rings. The van der Waals surface area contributed by atoms with Crippen LogP contribution in [-0.2, 0) is 0 Å². The predicted octanol–water partition coefficient (Wildman–Crippen LogP) is 2.19. The largest absolute Gasteiger partial charge is 0.334 e. The van der Waals surface area contributed by atoms with Crippen LogP contribution < -0.4 is 0 Å². The summed E-state index contributed by atoms with van der Waals surface area (Å²) in [6.45, 7) is 0. The maximum atomic E-state index is 5.14. The molecule has 3 aromatic rings. The fraction of sp³-hybridized carbons (Fsp3) is 0. The van der Waals surface area contributed by atoms with Gasteiger partial charge in [0.2, 0.25) is 5.76 Å². The summed E-state index contributed by atoms with van der Waals surface area (Å²) in [6.07, 6.45) is 3.40. The first kappa shape index (κ1) is 9.65. The Hall–Kier alpha value is -2.56. The molecule has 0 spiro atoms. The lowest BCUT2D eigenvalue weighted by Gasteiger charge is -1.97. The van der Waals surface area contributed by atoms with Gasteiger partial charge < -0.3 is 4.52 Å². The topological polar surface area (TPSA) is 64.7 Å². The van der Waals surface area contributed by atoms with Crippen LogP contribution in [0.4, 0.5) is 0 Å². The quantitative estimate of drug-likeness (QED) is 0.667. The summed E-state index contributed by atoms with van der Waals surface area (Å²) in [5.41, 5.74) is 2.01. The highest BCUT2D eigenvalue weighted by atomic mass is 16.5. The molecule has 0 aliphatic carbocycles. The molecule has 82 valence electrons. The molecule has 3 rings (SSSR count). The van der Waals surface area contributed by atoms with Crippen molar-refractivity contribution in [3.63, 3.8) is 0 Å². The number of nitrogens with zero attached hydrogens (tertiary/aromatic N) is 4. The third-order valence-electron chi connectivity index (χ3n) is 2.29. The van der Waals surface area contributed by atoms with Crippen LogP contribution in [0.25, 0.3) is 22.8 Å². The van der Waals surface area contributed by atoms with Crippen molar-refractivity contribution in [3.05, 3.63) is 48.8 Å². The lowest BCUT2D eigenvalue weighted by Crippen LogP contribution is -1.87. The number of aromatic nitrogens is 4. The van der Waals surface area contributed by atoms with E-state index < -0.39 is 0 Å². The van der Waals surface area contributed by atoms with E-state index in [0.29, 0.717) is 17.1 Å². The van der Waals surface area contributed by atoms with Gasteiger partial charge in [-0.05, 0) is 24.3 Å². The van der Waals surface area contributed by atoms with E-state index in [1.54, 1.807) is 12.4 Å². The number of rotatable bonds is 2. The highest BCUT2D eigenvalue weighted by Gasteiger charge is 2.15. The zero-order chi connectivity index (χ0) is 11.5.